The van der Waals surface area contributed by atoms with E-state index in [2.05, 4.69) is 5.32 Å². The summed E-state index contributed by atoms with van der Waals surface area (Å²) in [6.07, 6.45) is 5.22. The van der Waals surface area contributed by atoms with Gasteiger partial charge in [0.05, 0.1) is 0 Å². The highest BCUT2D eigenvalue weighted by Gasteiger charge is 2.20. The lowest BCUT2D eigenvalue weighted by Gasteiger charge is -2.19. The minimum Gasteiger partial charge on any atom is -0.428 e. The number of hydrogen-bond acceptors (Lipinski definition) is 8. The molecule has 0 radical (unpaired) electrons. The van der Waals surface area contributed by atoms with Crippen LogP contribution in [-0.4, -0.2) is 35.2 Å². The standard InChI is InChI=1S/C37H41NO8/c1-36(2,3)45-34(41)43-31-13-9-7-11-28(31)20-23-30(39)22-19-26-15-17-27(18-16-26)25-38-33(40)24-21-29-12-8-10-14-32(29)44-35(42)46-37(4,5)6/h7-18,20-21,23-24H,19,22,25H2,1-6H3,(H,38,40)/b23-20+,24-21+. The van der Waals surface area contributed by atoms with Crippen molar-refractivity contribution < 1.29 is 38.1 Å². The molecule has 0 aromatic heterocycles. The van der Waals surface area contributed by atoms with E-state index in [1.54, 1.807) is 102 Å². The van der Waals surface area contributed by atoms with Crippen molar-refractivity contribution in [3.63, 3.8) is 0 Å². The van der Waals surface area contributed by atoms with Crippen LogP contribution >= 0.6 is 0 Å². The lowest BCUT2D eigenvalue weighted by Crippen LogP contribution is -2.26. The zero-order valence-corrected chi connectivity index (χ0v) is 27.1. The van der Waals surface area contributed by atoms with E-state index in [1.807, 2.05) is 24.3 Å². The molecular formula is C37H41NO8. The van der Waals surface area contributed by atoms with Crippen molar-refractivity contribution in [2.45, 2.75) is 72.1 Å². The third-order valence-electron chi connectivity index (χ3n) is 6.02. The molecule has 1 amide bonds. The maximum absolute atomic E-state index is 12.5. The largest absolute Gasteiger partial charge is 0.514 e. The fraction of sp³-hybridized carbons (Fsp3) is 0.297. The molecule has 242 valence electrons. The number of allylic oxidation sites excluding steroid dienone is 1. The van der Waals surface area contributed by atoms with E-state index in [1.165, 1.54) is 12.2 Å². The summed E-state index contributed by atoms with van der Waals surface area (Å²) < 4.78 is 21.0. The molecule has 0 unspecified atom stereocenters. The molecule has 46 heavy (non-hydrogen) atoms. The SMILES string of the molecule is CC(C)(C)OC(=O)Oc1ccccc1/C=C/C(=O)CCc1ccc(CNC(=O)/C=C/c2ccccc2OC(=O)OC(C)(C)C)cc1. The fourth-order valence-corrected chi connectivity index (χ4v) is 3.91. The highest BCUT2D eigenvalue weighted by molar-refractivity contribution is 5.94. The molecule has 3 rings (SSSR count). The number of amides is 1. The third kappa shape index (κ3) is 13.2. The molecule has 0 fully saturated rings. The van der Waals surface area contributed by atoms with Gasteiger partial charge in [0.2, 0.25) is 5.91 Å². The van der Waals surface area contributed by atoms with Gasteiger partial charge in [0.25, 0.3) is 0 Å². The summed E-state index contributed by atoms with van der Waals surface area (Å²) in [5, 5.41) is 2.83. The first kappa shape index (κ1) is 35.3. The molecule has 3 aromatic rings. The van der Waals surface area contributed by atoms with Gasteiger partial charge in [-0.3, -0.25) is 9.59 Å². The second kappa shape index (κ2) is 16.2. The predicted octanol–water partition coefficient (Wildman–Crippen LogP) is 7.86. The number of benzene rings is 3. The number of aryl methyl sites for hydroxylation is 1. The first-order valence-electron chi connectivity index (χ1n) is 14.9. The van der Waals surface area contributed by atoms with Crippen LogP contribution in [-0.2, 0) is 32.0 Å². The number of nitrogens with one attached hydrogen (secondary N) is 1. The van der Waals surface area contributed by atoms with Crippen molar-refractivity contribution >= 4 is 36.2 Å². The van der Waals surface area contributed by atoms with Gasteiger partial charge in [0.1, 0.15) is 22.7 Å². The van der Waals surface area contributed by atoms with Gasteiger partial charge in [-0.25, -0.2) is 9.59 Å². The Labute approximate surface area is 270 Å². The number of rotatable bonds is 11. The zero-order valence-electron chi connectivity index (χ0n) is 27.1. The van der Waals surface area contributed by atoms with Gasteiger partial charge in [-0.15, -0.1) is 0 Å². The summed E-state index contributed by atoms with van der Waals surface area (Å²) in [6, 6.07) is 21.4. The van der Waals surface area contributed by atoms with E-state index >= 15 is 0 Å². The Morgan fingerprint density at radius 2 is 1.09 bits per heavy atom. The summed E-state index contributed by atoms with van der Waals surface area (Å²) >= 11 is 0. The molecule has 0 aliphatic rings. The van der Waals surface area contributed by atoms with E-state index in [-0.39, 0.29) is 17.4 Å². The van der Waals surface area contributed by atoms with Crippen LogP contribution in [0.25, 0.3) is 12.2 Å². The third-order valence-corrected chi connectivity index (χ3v) is 6.02. The van der Waals surface area contributed by atoms with Crippen LogP contribution in [0, 0.1) is 0 Å². The average molecular weight is 628 g/mol. The summed E-state index contributed by atoms with van der Waals surface area (Å²) in [7, 11) is 0. The van der Waals surface area contributed by atoms with E-state index in [0.717, 1.165) is 11.1 Å². The maximum atomic E-state index is 12.5. The number of carbonyl (C=O) groups is 4. The van der Waals surface area contributed by atoms with Crippen LogP contribution in [0.4, 0.5) is 9.59 Å². The Hall–Kier alpha value is -5.18. The molecule has 0 heterocycles. The van der Waals surface area contributed by atoms with Crippen molar-refractivity contribution in [1.82, 2.24) is 5.32 Å². The molecule has 3 aromatic carbocycles. The van der Waals surface area contributed by atoms with Gasteiger partial charge in [0, 0.05) is 30.2 Å². The van der Waals surface area contributed by atoms with Crippen LogP contribution < -0.4 is 14.8 Å². The van der Waals surface area contributed by atoms with Gasteiger partial charge in [-0.2, -0.15) is 0 Å². The summed E-state index contributed by atoms with van der Waals surface area (Å²) in [4.78, 5) is 49.1. The number of ether oxygens (including phenoxy) is 4. The van der Waals surface area contributed by atoms with E-state index in [4.69, 9.17) is 18.9 Å². The molecule has 0 aliphatic heterocycles. The Bertz CT molecular complexity index is 1460. The van der Waals surface area contributed by atoms with Crippen molar-refractivity contribution in [3.8, 4) is 11.5 Å². The molecule has 9 heteroatoms. The molecule has 0 spiro atoms. The first-order chi connectivity index (χ1) is 21.7. The highest BCUT2D eigenvalue weighted by atomic mass is 16.7. The van der Waals surface area contributed by atoms with Crippen molar-refractivity contribution in [2.75, 3.05) is 0 Å². The quantitative estimate of drug-likeness (QED) is 0.130. The molecule has 0 bridgehead atoms. The smallest absolute Gasteiger partial charge is 0.428 e. The second-order valence-corrected chi connectivity index (χ2v) is 12.4. The van der Waals surface area contributed by atoms with Crippen LogP contribution in [0.3, 0.4) is 0 Å². The summed E-state index contributed by atoms with van der Waals surface area (Å²) in [6.45, 7) is 10.8. The monoisotopic (exact) mass is 627 g/mol. The van der Waals surface area contributed by atoms with Crippen LogP contribution in [0.2, 0.25) is 0 Å². The summed E-state index contributed by atoms with van der Waals surface area (Å²) in [5.74, 6) is 0.193. The predicted molar refractivity (Wildman–Crippen MR) is 176 cm³/mol. The fourth-order valence-electron chi connectivity index (χ4n) is 3.91. The number of hydrogen-bond donors (Lipinski definition) is 1. The van der Waals surface area contributed by atoms with Gasteiger partial charge in [-0.1, -0.05) is 60.7 Å². The topological polar surface area (TPSA) is 117 Å². The van der Waals surface area contributed by atoms with Crippen LogP contribution in [0.5, 0.6) is 11.5 Å². The molecule has 1 N–H and O–H groups in total. The molecule has 0 saturated carbocycles. The average Bonchev–Trinajstić information content (AvgIpc) is 2.96. The first-order valence-corrected chi connectivity index (χ1v) is 14.9. The molecule has 0 saturated heterocycles. The summed E-state index contributed by atoms with van der Waals surface area (Å²) in [5.41, 5.74) is 1.64. The molecule has 9 nitrogen and oxygen atoms in total. The lowest BCUT2D eigenvalue weighted by molar-refractivity contribution is -0.116. The number of para-hydroxylation sites is 2. The van der Waals surface area contributed by atoms with Gasteiger partial charge in [-0.05, 0) is 89.5 Å². The van der Waals surface area contributed by atoms with Crippen molar-refractivity contribution in [1.29, 1.82) is 0 Å². The molecule has 0 atom stereocenters. The van der Waals surface area contributed by atoms with Gasteiger partial charge in [0.15, 0.2) is 5.78 Å². The van der Waals surface area contributed by atoms with Crippen LogP contribution in [0.1, 0.15) is 70.2 Å². The van der Waals surface area contributed by atoms with E-state index in [9.17, 15) is 19.2 Å². The molecular weight excluding hydrogens is 586 g/mol. The van der Waals surface area contributed by atoms with Gasteiger partial charge < -0.3 is 24.3 Å². The Morgan fingerprint density at radius 1 is 0.630 bits per heavy atom. The Morgan fingerprint density at radius 3 is 1.59 bits per heavy atom. The van der Waals surface area contributed by atoms with E-state index in [0.29, 0.717) is 36.3 Å². The zero-order chi connectivity index (χ0) is 33.7. The van der Waals surface area contributed by atoms with Gasteiger partial charge >= 0.3 is 12.3 Å². The molecule has 0 aliphatic carbocycles. The van der Waals surface area contributed by atoms with E-state index < -0.39 is 23.5 Å². The van der Waals surface area contributed by atoms with Crippen LogP contribution in [0.15, 0.2) is 84.9 Å². The minimum absolute atomic E-state index is 0.0757. The highest BCUT2D eigenvalue weighted by Crippen LogP contribution is 2.23. The number of carbonyl (C=O) groups excluding carboxylic acids is 4. The normalized spacial score (nSPS) is 11.7. The second-order valence-electron chi connectivity index (χ2n) is 12.4. The lowest BCUT2D eigenvalue weighted by atomic mass is 10.0. The minimum atomic E-state index is -0.824. The Kier molecular flexibility index (Phi) is 12.4. The van der Waals surface area contributed by atoms with Crippen molar-refractivity contribution in [2.24, 2.45) is 0 Å². The van der Waals surface area contributed by atoms with Crippen molar-refractivity contribution in [3.05, 3.63) is 107 Å². The maximum Gasteiger partial charge on any atom is 0.514 e. The Balaban J connectivity index is 1.47. The number of ketones is 1.